The van der Waals surface area contributed by atoms with Crippen molar-refractivity contribution in [2.75, 3.05) is 11.1 Å². The second kappa shape index (κ2) is 10.3. The summed E-state index contributed by atoms with van der Waals surface area (Å²) in [4.78, 5) is 23.8. The summed E-state index contributed by atoms with van der Waals surface area (Å²) in [5, 5.41) is 12.9. The molecule has 40 heavy (non-hydrogen) atoms. The van der Waals surface area contributed by atoms with Crippen molar-refractivity contribution in [1.29, 1.82) is 5.26 Å². The molecule has 0 spiro atoms. The van der Waals surface area contributed by atoms with E-state index < -0.39 is 17.5 Å². The van der Waals surface area contributed by atoms with Crippen LogP contribution in [0, 0.1) is 23.0 Å². The molecule has 198 valence electrons. The Hall–Kier alpha value is -5.63. The number of carbonyl (C=O) groups excluding carboxylic acids is 1. The highest BCUT2D eigenvalue weighted by Gasteiger charge is 2.25. The van der Waals surface area contributed by atoms with Gasteiger partial charge in [-0.1, -0.05) is 18.7 Å². The average molecular weight is 538 g/mol. The number of hydrogen-bond donors (Lipinski definition) is 2. The fraction of sp³-hybridized carbons (Fsp3) is 0.0690. The number of nitriles is 1. The van der Waals surface area contributed by atoms with Gasteiger partial charge in [-0.05, 0) is 42.8 Å². The summed E-state index contributed by atoms with van der Waals surface area (Å²) in [5.74, 6) is -1.08. The van der Waals surface area contributed by atoms with Gasteiger partial charge in [-0.25, -0.2) is 23.7 Å². The Morgan fingerprint density at radius 2 is 1.80 bits per heavy atom. The summed E-state index contributed by atoms with van der Waals surface area (Å²) in [5.41, 5.74) is 9.44. The first-order valence-corrected chi connectivity index (χ1v) is 11.9. The second-order valence-corrected chi connectivity index (χ2v) is 8.91. The van der Waals surface area contributed by atoms with E-state index in [1.54, 1.807) is 54.9 Å². The van der Waals surface area contributed by atoms with Crippen LogP contribution in [0.4, 0.5) is 20.3 Å². The molecule has 3 heterocycles. The molecular weight excluding hydrogens is 516 g/mol. The maximum Gasteiger partial charge on any atom is 0.322 e. The van der Waals surface area contributed by atoms with Crippen molar-refractivity contribution >= 4 is 28.3 Å². The maximum absolute atomic E-state index is 15.6. The molecule has 0 saturated carbocycles. The highest BCUT2D eigenvalue weighted by Crippen LogP contribution is 2.44. The lowest BCUT2D eigenvalue weighted by Crippen LogP contribution is -2.12. The Morgan fingerprint density at radius 1 is 1.10 bits per heavy atom. The van der Waals surface area contributed by atoms with Gasteiger partial charge in [0.05, 0.1) is 34.6 Å². The van der Waals surface area contributed by atoms with E-state index in [0.717, 1.165) is 12.4 Å². The first-order chi connectivity index (χ1) is 19.2. The molecular formula is C29H21F2N7O2. The van der Waals surface area contributed by atoms with Gasteiger partial charge in [-0.2, -0.15) is 5.26 Å². The minimum Gasteiger partial charge on any atom is -0.424 e. The molecule has 0 aliphatic rings. The molecule has 0 bridgehead atoms. The first-order valence-electron chi connectivity index (χ1n) is 11.9. The molecule has 1 amide bonds. The first kappa shape index (κ1) is 26.0. The number of aryl methyl sites for hydroxylation is 1. The summed E-state index contributed by atoms with van der Waals surface area (Å²) in [6.45, 7) is 5.14. The van der Waals surface area contributed by atoms with Crippen molar-refractivity contribution in [2.24, 2.45) is 7.05 Å². The molecule has 5 aromatic rings. The second-order valence-electron chi connectivity index (χ2n) is 8.91. The van der Waals surface area contributed by atoms with E-state index in [2.05, 4.69) is 32.9 Å². The van der Waals surface area contributed by atoms with Gasteiger partial charge >= 0.3 is 6.01 Å². The molecule has 11 heteroatoms. The van der Waals surface area contributed by atoms with Gasteiger partial charge in [0.25, 0.3) is 5.91 Å². The number of carbonyl (C=O) groups is 1. The molecule has 2 aromatic carbocycles. The number of benzene rings is 2. The number of nitrogen functional groups attached to an aromatic ring is 1. The molecule has 0 saturated heterocycles. The highest BCUT2D eigenvalue weighted by atomic mass is 19.1. The standard InChI is InChI=1S/C29H21F2N7O2/c1-15(2)28(39)37-19-6-9-21(22(31)10-19)26-23(24-25(38(26)3)17(11-32)12-34-27(24)33)16-4-7-20(8-5-16)40-29-35-13-18(30)14-36-29/h4-10,12-14H,1H2,2-3H3,(H2,33,34)(H,37,39). The lowest BCUT2D eigenvalue weighted by atomic mass is 9.97. The zero-order valence-electron chi connectivity index (χ0n) is 21.4. The van der Waals surface area contributed by atoms with Gasteiger partial charge in [-0.15, -0.1) is 0 Å². The van der Waals surface area contributed by atoms with Crippen molar-refractivity contribution in [2.45, 2.75) is 6.92 Å². The minimum atomic E-state index is -0.606. The molecule has 9 nitrogen and oxygen atoms in total. The summed E-state index contributed by atoms with van der Waals surface area (Å²) in [6, 6.07) is 13.2. The molecule has 0 atom stereocenters. The SMILES string of the molecule is C=C(C)C(=O)Nc1ccc(-c2c(-c3ccc(Oc4ncc(F)cn4)cc3)c3c(N)ncc(C#N)c3n2C)c(F)c1. The molecule has 3 N–H and O–H groups in total. The van der Waals surface area contributed by atoms with Crippen LogP contribution in [-0.4, -0.2) is 25.4 Å². The predicted octanol–water partition coefficient (Wildman–Crippen LogP) is 5.74. The number of nitrogens with zero attached hydrogens (tertiary/aromatic N) is 5. The van der Waals surface area contributed by atoms with Gasteiger partial charge < -0.3 is 20.4 Å². The quantitative estimate of drug-likeness (QED) is 0.264. The Morgan fingerprint density at radius 3 is 2.42 bits per heavy atom. The number of hydrogen-bond acceptors (Lipinski definition) is 7. The van der Waals surface area contributed by atoms with Crippen molar-refractivity contribution in [3.63, 3.8) is 0 Å². The van der Waals surface area contributed by atoms with Crippen LogP contribution in [0.5, 0.6) is 11.8 Å². The summed E-state index contributed by atoms with van der Waals surface area (Å²) < 4.78 is 36.1. The molecule has 0 aliphatic heterocycles. The van der Waals surface area contributed by atoms with Gasteiger partial charge in [0, 0.05) is 35.6 Å². The number of amides is 1. The normalized spacial score (nSPS) is 10.8. The van der Waals surface area contributed by atoms with Crippen LogP contribution in [0.2, 0.25) is 0 Å². The van der Waals surface area contributed by atoms with E-state index in [-0.39, 0.29) is 34.2 Å². The fourth-order valence-corrected chi connectivity index (χ4v) is 4.36. The van der Waals surface area contributed by atoms with E-state index in [4.69, 9.17) is 10.5 Å². The number of halogens is 2. The predicted molar refractivity (Wildman–Crippen MR) is 146 cm³/mol. The van der Waals surface area contributed by atoms with E-state index >= 15 is 4.39 Å². The van der Waals surface area contributed by atoms with E-state index in [9.17, 15) is 14.4 Å². The lowest BCUT2D eigenvalue weighted by molar-refractivity contribution is -0.112. The number of nitrogens with two attached hydrogens (primary N) is 1. The Kier molecular flexibility index (Phi) is 6.67. The number of nitrogens with one attached hydrogen (secondary N) is 1. The van der Waals surface area contributed by atoms with Gasteiger partial charge in [0.15, 0.2) is 5.82 Å². The van der Waals surface area contributed by atoms with Crippen LogP contribution in [0.1, 0.15) is 12.5 Å². The molecule has 3 aromatic heterocycles. The molecule has 0 radical (unpaired) electrons. The zero-order valence-corrected chi connectivity index (χ0v) is 21.4. The number of rotatable bonds is 6. The average Bonchev–Trinajstić information content (AvgIpc) is 3.24. The van der Waals surface area contributed by atoms with Crippen LogP contribution in [0.3, 0.4) is 0 Å². The lowest BCUT2D eigenvalue weighted by Gasteiger charge is -2.12. The van der Waals surface area contributed by atoms with Crippen molar-refractivity contribution in [3.8, 4) is 40.2 Å². The van der Waals surface area contributed by atoms with Gasteiger partial charge in [0.2, 0.25) is 0 Å². The van der Waals surface area contributed by atoms with Crippen LogP contribution < -0.4 is 15.8 Å². The summed E-state index contributed by atoms with van der Waals surface area (Å²) >= 11 is 0. The smallest absolute Gasteiger partial charge is 0.322 e. The van der Waals surface area contributed by atoms with E-state index in [1.165, 1.54) is 12.3 Å². The Balaban J connectivity index is 1.66. The van der Waals surface area contributed by atoms with Crippen LogP contribution in [-0.2, 0) is 11.8 Å². The monoisotopic (exact) mass is 537 g/mol. The molecule has 5 rings (SSSR count). The van der Waals surface area contributed by atoms with Crippen LogP contribution >= 0.6 is 0 Å². The Bertz CT molecular complexity index is 1840. The number of ether oxygens (including phenoxy) is 1. The summed E-state index contributed by atoms with van der Waals surface area (Å²) in [7, 11) is 1.71. The van der Waals surface area contributed by atoms with Gasteiger partial charge in [-0.3, -0.25) is 4.79 Å². The third-order valence-electron chi connectivity index (χ3n) is 6.18. The van der Waals surface area contributed by atoms with Gasteiger partial charge in [0.1, 0.15) is 23.5 Å². The minimum absolute atomic E-state index is 0.0343. The van der Waals surface area contributed by atoms with E-state index in [0.29, 0.717) is 33.5 Å². The van der Waals surface area contributed by atoms with Crippen molar-refractivity contribution in [3.05, 3.63) is 90.4 Å². The zero-order chi connectivity index (χ0) is 28.6. The third kappa shape index (κ3) is 4.69. The van der Waals surface area contributed by atoms with Crippen molar-refractivity contribution < 1.29 is 18.3 Å². The summed E-state index contributed by atoms with van der Waals surface area (Å²) in [6.07, 6.45) is 3.36. The molecule has 0 fully saturated rings. The topological polar surface area (TPSA) is 132 Å². The fourth-order valence-electron chi connectivity index (χ4n) is 4.36. The number of pyridine rings is 1. The van der Waals surface area contributed by atoms with E-state index in [1.807, 2.05) is 0 Å². The molecule has 0 unspecified atom stereocenters. The largest absolute Gasteiger partial charge is 0.424 e. The van der Waals surface area contributed by atoms with Crippen molar-refractivity contribution in [1.82, 2.24) is 19.5 Å². The number of fused-ring (bicyclic) bond motifs is 1. The third-order valence-corrected chi connectivity index (χ3v) is 6.18. The number of anilines is 2. The highest BCUT2D eigenvalue weighted by molar-refractivity contribution is 6.11. The Labute approximate surface area is 227 Å². The molecule has 0 aliphatic carbocycles. The van der Waals surface area contributed by atoms with Crippen LogP contribution in [0.15, 0.2) is 73.2 Å². The maximum atomic E-state index is 15.6. The van der Waals surface area contributed by atoms with Crippen LogP contribution in [0.25, 0.3) is 33.3 Å². The number of aromatic nitrogens is 4.